The third kappa shape index (κ3) is 2.27. The summed E-state index contributed by atoms with van der Waals surface area (Å²) in [5.74, 6) is 0.0481. The standard InChI is InChI=1S/C12H13N3O3/c1-15-7-6-10(14-15)13-12(17)8-4-3-5-9(18-2)11(8)16/h3-7,16H,1-2H3,(H,13,14,17). The van der Waals surface area contributed by atoms with E-state index in [0.29, 0.717) is 5.82 Å². The third-order valence-electron chi connectivity index (χ3n) is 2.42. The number of aryl methyl sites for hydroxylation is 1. The maximum atomic E-state index is 11.9. The summed E-state index contributed by atoms with van der Waals surface area (Å²) in [4.78, 5) is 11.9. The molecule has 1 amide bonds. The first kappa shape index (κ1) is 12.0. The van der Waals surface area contributed by atoms with Crippen LogP contribution in [0.5, 0.6) is 11.5 Å². The number of aromatic nitrogens is 2. The van der Waals surface area contributed by atoms with Crippen LogP contribution in [0.25, 0.3) is 0 Å². The van der Waals surface area contributed by atoms with Gasteiger partial charge in [0.25, 0.3) is 5.91 Å². The van der Waals surface area contributed by atoms with E-state index >= 15 is 0 Å². The number of nitrogens with one attached hydrogen (secondary N) is 1. The number of nitrogens with zero attached hydrogens (tertiary/aromatic N) is 2. The Morgan fingerprint density at radius 3 is 2.83 bits per heavy atom. The molecule has 0 fully saturated rings. The smallest absolute Gasteiger partial charge is 0.260 e. The molecule has 94 valence electrons. The number of amides is 1. The van der Waals surface area contributed by atoms with Crippen LogP contribution in [0.1, 0.15) is 10.4 Å². The Morgan fingerprint density at radius 2 is 2.22 bits per heavy atom. The van der Waals surface area contributed by atoms with E-state index in [9.17, 15) is 9.90 Å². The molecule has 1 heterocycles. The molecule has 2 N–H and O–H groups in total. The van der Waals surface area contributed by atoms with Gasteiger partial charge >= 0.3 is 0 Å². The van der Waals surface area contributed by atoms with E-state index in [0.717, 1.165) is 0 Å². The molecular formula is C12H13N3O3. The molecule has 6 heteroatoms. The lowest BCUT2D eigenvalue weighted by molar-refractivity contribution is 0.102. The first-order chi connectivity index (χ1) is 8.61. The van der Waals surface area contributed by atoms with Crippen LogP contribution in [0.2, 0.25) is 0 Å². The molecule has 2 rings (SSSR count). The number of phenolic OH excluding ortho intramolecular Hbond substituents is 1. The minimum Gasteiger partial charge on any atom is -0.504 e. The number of carbonyl (C=O) groups excluding carboxylic acids is 1. The maximum Gasteiger partial charge on any atom is 0.260 e. The second-order valence-corrected chi connectivity index (χ2v) is 3.69. The highest BCUT2D eigenvalue weighted by atomic mass is 16.5. The van der Waals surface area contributed by atoms with Gasteiger partial charge in [0.2, 0.25) is 0 Å². The molecule has 0 radical (unpaired) electrons. The van der Waals surface area contributed by atoms with Gasteiger partial charge in [-0.25, -0.2) is 0 Å². The molecule has 1 aromatic heterocycles. The maximum absolute atomic E-state index is 11.9. The molecule has 0 aliphatic rings. The second kappa shape index (κ2) is 4.79. The summed E-state index contributed by atoms with van der Waals surface area (Å²) in [7, 11) is 3.17. The fourth-order valence-electron chi connectivity index (χ4n) is 1.54. The summed E-state index contributed by atoms with van der Waals surface area (Å²) in [5, 5.41) is 16.4. The van der Waals surface area contributed by atoms with E-state index in [-0.39, 0.29) is 17.1 Å². The van der Waals surface area contributed by atoms with Crippen LogP contribution in [0.15, 0.2) is 30.5 Å². The molecule has 0 aliphatic carbocycles. The van der Waals surface area contributed by atoms with E-state index in [4.69, 9.17) is 4.74 Å². The number of rotatable bonds is 3. The van der Waals surface area contributed by atoms with E-state index < -0.39 is 5.91 Å². The Hall–Kier alpha value is -2.50. The summed E-state index contributed by atoms with van der Waals surface area (Å²) in [6.07, 6.45) is 1.71. The van der Waals surface area contributed by atoms with Gasteiger partial charge in [-0.2, -0.15) is 5.10 Å². The second-order valence-electron chi connectivity index (χ2n) is 3.69. The van der Waals surface area contributed by atoms with Crippen molar-refractivity contribution in [2.75, 3.05) is 12.4 Å². The molecule has 0 bridgehead atoms. The van der Waals surface area contributed by atoms with Crippen molar-refractivity contribution in [3.05, 3.63) is 36.0 Å². The number of aromatic hydroxyl groups is 1. The number of benzene rings is 1. The molecule has 18 heavy (non-hydrogen) atoms. The van der Waals surface area contributed by atoms with Crippen LogP contribution >= 0.6 is 0 Å². The molecule has 1 aromatic carbocycles. The van der Waals surface area contributed by atoms with Gasteiger partial charge < -0.3 is 15.2 Å². The van der Waals surface area contributed by atoms with Crippen molar-refractivity contribution in [3.63, 3.8) is 0 Å². The molecule has 0 saturated carbocycles. The molecule has 0 unspecified atom stereocenters. The molecule has 0 saturated heterocycles. The highest BCUT2D eigenvalue weighted by Gasteiger charge is 2.15. The third-order valence-corrected chi connectivity index (χ3v) is 2.42. The van der Waals surface area contributed by atoms with Gasteiger partial charge in [-0.15, -0.1) is 0 Å². The first-order valence-corrected chi connectivity index (χ1v) is 5.29. The van der Waals surface area contributed by atoms with Gasteiger partial charge in [0, 0.05) is 19.3 Å². The summed E-state index contributed by atoms with van der Waals surface area (Å²) in [6.45, 7) is 0. The number of para-hydroxylation sites is 1. The number of ether oxygens (including phenoxy) is 1. The van der Waals surface area contributed by atoms with Gasteiger partial charge in [0.1, 0.15) is 0 Å². The van der Waals surface area contributed by atoms with Gasteiger partial charge in [-0.3, -0.25) is 9.48 Å². The zero-order valence-electron chi connectivity index (χ0n) is 10.0. The highest BCUT2D eigenvalue weighted by molar-refractivity contribution is 6.06. The SMILES string of the molecule is COc1cccc(C(=O)Nc2ccn(C)n2)c1O. The topological polar surface area (TPSA) is 76.4 Å². The average Bonchev–Trinajstić information content (AvgIpc) is 2.75. The summed E-state index contributed by atoms with van der Waals surface area (Å²) >= 11 is 0. The molecule has 0 aliphatic heterocycles. The largest absolute Gasteiger partial charge is 0.504 e. The molecular weight excluding hydrogens is 234 g/mol. The van der Waals surface area contributed by atoms with Crippen molar-refractivity contribution in [2.24, 2.45) is 7.05 Å². The fourth-order valence-corrected chi connectivity index (χ4v) is 1.54. The highest BCUT2D eigenvalue weighted by Crippen LogP contribution is 2.29. The Labute approximate surface area is 104 Å². The lowest BCUT2D eigenvalue weighted by atomic mass is 10.1. The van der Waals surface area contributed by atoms with Crippen molar-refractivity contribution in [3.8, 4) is 11.5 Å². The average molecular weight is 247 g/mol. The van der Waals surface area contributed by atoms with Crippen molar-refractivity contribution < 1.29 is 14.6 Å². The van der Waals surface area contributed by atoms with Crippen molar-refractivity contribution in [2.45, 2.75) is 0 Å². The van der Waals surface area contributed by atoms with Crippen LogP contribution < -0.4 is 10.1 Å². The van der Waals surface area contributed by atoms with Crippen LogP contribution in [0, 0.1) is 0 Å². The Balaban J connectivity index is 2.24. The van der Waals surface area contributed by atoms with E-state index in [1.54, 1.807) is 36.1 Å². The summed E-state index contributed by atoms with van der Waals surface area (Å²) in [5.41, 5.74) is 0.139. The van der Waals surface area contributed by atoms with Crippen molar-refractivity contribution in [1.82, 2.24) is 9.78 Å². The molecule has 0 spiro atoms. The minimum atomic E-state index is -0.440. The van der Waals surface area contributed by atoms with Crippen LogP contribution in [0.3, 0.4) is 0 Å². The monoisotopic (exact) mass is 247 g/mol. The van der Waals surface area contributed by atoms with Crippen molar-refractivity contribution in [1.29, 1.82) is 0 Å². The zero-order valence-corrected chi connectivity index (χ0v) is 10.0. The molecule has 6 nitrogen and oxygen atoms in total. The normalized spacial score (nSPS) is 10.1. The molecule has 0 atom stereocenters. The number of methoxy groups -OCH3 is 1. The summed E-state index contributed by atoms with van der Waals surface area (Å²) < 4.78 is 6.51. The van der Waals surface area contributed by atoms with E-state index in [1.807, 2.05) is 0 Å². The van der Waals surface area contributed by atoms with Crippen LogP contribution in [-0.2, 0) is 7.05 Å². The minimum absolute atomic E-state index is 0.139. The van der Waals surface area contributed by atoms with Gasteiger partial charge in [0.05, 0.1) is 12.7 Å². The van der Waals surface area contributed by atoms with Gasteiger partial charge in [0.15, 0.2) is 17.3 Å². The van der Waals surface area contributed by atoms with Crippen LogP contribution in [-0.4, -0.2) is 27.9 Å². The number of hydrogen-bond donors (Lipinski definition) is 2. The van der Waals surface area contributed by atoms with Gasteiger partial charge in [-0.1, -0.05) is 6.07 Å². The number of hydrogen-bond acceptors (Lipinski definition) is 4. The van der Waals surface area contributed by atoms with Crippen molar-refractivity contribution >= 4 is 11.7 Å². The first-order valence-electron chi connectivity index (χ1n) is 5.29. The van der Waals surface area contributed by atoms with E-state index in [2.05, 4.69) is 10.4 Å². The van der Waals surface area contributed by atoms with E-state index in [1.165, 1.54) is 13.2 Å². The molecule has 2 aromatic rings. The summed E-state index contributed by atoms with van der Waals surface area (Å²) in [6, 6.07) is 6.38. The number of carbonyl (C=O) groups is 1. The lowest BCUT2D eigenvalue weighted by Crippen LogP contribution is -2.13. The lowest BCUT2D eigenvalue weighted by Gasteiger charge is -2.07. The van der Waals surface area contributed by atoms with Gasteiger partial charge in [-0.05, 0) is 12.1 Å². The quantitative estimate of drug-likeness (QED) is 0.859. The van der Waals surface area contributed by atoms with Crippen LogP contribution in [0.4, 0.5) is 5.82 Å². The Bertz CT molecular complexity index is 578. The number of anilines is 1. The predicted molar refractivity (Wildman–Crippen MR) is 65.8 cm³/mol. The zero-order chi connectivity index (χ0) is 13.1. The Kier molecular flexibility index (Phi) is 3.18. The Morgan fingerprint density at radius 1 is 1.44 bits per heavy atom. The number of phenols is 1. The fraction of sp³-hybridized carbons (Fsp3) is 0.167. The predicted octanol–water partition coefficient (Wildman–Crippen LogP) is 1.39.